The number of benzene rings is 3. The van der Waals surface area contributed by atoms with Crippen LogP contribution in [0.5, 0.6) is 0 Å². The molecule has 116 valence electrons. The summed E-state index contributed by atoms with van der Waals surface area (Å²) >= 11 is 0. The van der Waals surface area contributed by atoms with Crippen LogP contribution in [-0.4, -0.2) is 6.54 Å². The second-order valence-corrected chi connectivity index (χ2v) is 7.60. The Morgan fingerprint density at radius 3 is 1.78 bits per heavy atom. The minimum Gasteiger partial charge on any atom is -0.313 e. The van der Waals surface area contributed by atoms with E-state index in [2.05, 4.69) is 97.2 Å². The van der Waals surface area contributed by atoms with E-state index < -0.39 is 7.92 Å². The van der Waals surface area contributed by atoms with Gasteiger partial charge in [-0.2, -0.15) is 0 Å². The van der Waals surface area contributed by atoms with Gasteiger partial charge in [0, 0.05) is 6.54 Å². The summed E-state index contributed by atoms with van der Waals surface area (Å²) < 4.78 is 0. The van der Waals surface area contributed by atoms with Gasteiger partial charge in [-0.05, 0) is 35.9 Å². The predicted octanol–water partition coefficient (Wildman–Crippen LogP) is 3.55. The SMILES string of the molecule is CCNCc1ccccc1P(c1ccccc1)c1ccccc1. The van der Waals surface area contributed by atoms with Crippen LogP contribution >= 0.6 is 7.92 Å². The van der Waals surface area contributed by atoms with Crippen LogP contribution in [0, 0.1) is 0 Å². The summed E-state index contributed by atoms with van der Waals surface area (Å²) in [5, 5.41) is 7.72. The van der Waals surface area contributed by atoms with Crippen LogP contribution in [-0.2, 0) is 6.54 Å². The van der Waals surface area contributed by atoms with Gasteiger partial charge in [-0.1, -0.05) is 91.9 Å². The first kappa shape index (κ1) is 15.9. The minimum atomic E-state index is -0.523. The largest absolute Gasteiger partial charge is 0.313 e. The van der Waals surface area contributed by atoms with E-state index in [1.165, 1.54) is 21.5 Å². The van der Waals surface area contributed by atoms with E-state index in [4.69, 9.17) is 0 Å². The molecule has 0 aliphatic carbocycles. The number of nitrogens with one attached hydrogen (secondary N) is 1. The van der Waals surface area contributed by atoms with Crippen molar-refractivity contribution in [3.8, 4) is 0 Å². The van der Waals surface area contributed by atoms with Gasteiger partial charge in [-0.3, -0.25) is 0 Å². The summed E-state index contributed by atoms with van der Waals surface area (Å²) in [6.07, 6.45) is 0. The molecule has 0 aliphatic heterocycles. The van der Waals surface area contributed by atoms with Gasteiger partial charge in [0.05, 0.1) is 0 Å². The van der Waals surface area contributed by atoms with Crippen LogP contribution in [0.25, 0.3) is 0 Å². The van der Waals surface area contributed by atoms with E-state index in [0.29, 0.717) is 0 Å². The Morgan fingerprint density at radius 2 is 1.22 bits per heavy atom. The monoisotopic (exact) mass is 319 g/mol. The summed E-state index contributed by atoms with van der Waals surface area (Å²) in [5.41, 5.74) is 1.40. The molecule has 0 aromatic heterocycles. The molecule has 0 radical (unpaired) electrons. The minimum absolute atomic E-state index is 0.523. The lowest BCUT2D eigenvalue weighted by Gasteiger charge is -2.22. The first-order valence-electron chi connectivity index (χ1n) is 8.09. The summed E-state index contributed by atoms with van der Waals surface area (Å²) in [4.78, 5) is 0. The van der Waals surface area contributed by atoms with Crippen LogP contribution in [0.2, 0.25) is 0 Å². The number of rotatable bonds is 6. The highest BCUT2D eigenvalue weighted by Crippen LogP contribution is 2.33. The molecule has 0 aliphatic rings. The van der Waals surface area contributed by atoms with Crippen molar-refractivity contribution in [3.63, 3.8) is 0 Å². The van der Waals surface area contributed by atoms with Gasteiger partial charge in [0.1, 0.15) is 0 Å². The third kappa shape index (κ3) is 3.88. The second kappa shape index (κ2) is 8.06. The van der Waals surface area contributed by atoms with Crippen LogP contribution in [0.3, 0.4) is 0 Å². The highest BCUT2D eigenvalue weighted by molar-refractivity contribution is 7.79. The maximum Gasteiger partial charge on any atom is 0.0211 e. The Balaban J connectivity index is 2.10. The average molecular weight is 319 g/mol. The fraction of sp³-hybridized carbons (Fsp3) is 0.143. The van der Waals surface area contributed by atoms with Gasteiger partial charge in [-0.25, -0.2) is 0 Å². The van der Waals surface area contributed by atoms with Gasteiger partial charge in [0.15, 0.2) is 0 Å². The molecule has 0 spiro atoms. The van der Waals surface area contributed by atoms with Crippen molar-refractivity contribution < 1.29 is 0 Å². The summed E-state index contributed by atoms with van der Waals surface area (Å²) in [6, 6.07) is 30.6. The average Bonchev–Trinajstić information content (AvgIpc) is 2.63. The summed E-state index contributed by atoms with van der Waals surface area (Å²) in [7, 11) is -0.523. The topological polar surface area (TPSA) is 12.0 Å². The van der Waals surface area contributed by atoms with Crippen LogP contribution in [0.15, 0.2) is 84.9 Å². The van der Waals surface area contributed by atoms with Gasteiger partial charge in [0.25, 0.3) is 0 Å². The molecule has 0 amide bonds. The molecule has 3 aromatic carbocycles. The van der Waals surface area contributed by atoms with Crippen molar-refractivity contribution >= 4 is 23.8 Å². The quantitative estimate of drug-likeness (QED) is 0.685. The van der Waals surface area contributed by atoms with Crippen LogP contribution in [0.4, 0.5) is 0 Å². The molecule has 3 rings (SSSR count). The maximum absolute atomic E-state index is 3.47. The second-order valence-electron chi connectivity index (χ2n) is 5.42. The van der Waals surface area contributed by atoms with Crippen molar-refractivity contribution in [2.24, 2.45) is 0 Å². The van der Waals surface area contributed by atoms with Crippen LogP contribution < -0.4 is 21.2 Å². The molecule has 1 N–H and O–H groups in total. The predicted molar refractivity (Wildman–Crippen MR) is 103 cm³/mol. The highest BCUT2D eigenvalue weighted by atomic mass is 31.1. The molecule has 0 saturated carbocycles. The summed E-state index contributed by atoms with van der Waals surface area (Å²) in [6.45, 7) is 4.06. The van der Waals surface area contributed by atoms with Gasteiger partial charge in [0.2, 0.25) is 0 Å². The zero-order valence-corrected chi connectivity index (χ0v) is 14.3. The van der Waals surface area contributed by atoms with Crippen molar-refractivity contribution in [2.45, 2.75) is 13.5 Å². The molecule has 3 aromatic rings. The number of hydrogen-bond donors (Lipinski definition) is 1. The zero-order valence-electron chi connectivity index (χ0n) is 13.4. The highest BCUT2D eigenvalue weighted by Gasteiger charge is 2.18. The van der Waals surface area contributed by atoms with Gasteiger partial charge < -0.3 is 5.32 Å². The van der Waals surface area contributed by atoms with Gasteiger partial charge >= 0.3 is 0 Å². The summed E-state index contributed by atoms with van der Waals surface area (Å²) in [5.74, 6) is 0. The Hall–Kier alpha value is -1.95. The fourth-order valence-electron chi connectivity index (χ4n) is 2.72. The third-order valence-corrected chi connectivity index (χ3v) is 6.37. The lowest BCUT2D eigenvalue weighted by molar-refractivity contribution is 0.729. The van der Waals surface area contributed by atoms with Crippen molar-refractivity contribution in [3.05, 3.63) is 90.5 Å². The molecule has 0 unspecified atom stereocenters. The zero-order chi connectivity index (χ0) is 15.9. The van der Waals surface area contributed by atoms with E-state index in [1.807, 2.05) is 0 Å². The third-order valence-electron chi connectivity index (χ3n) is 3.83. The molecule has 0 heterocycles. The van der Waals surface area contributed by atoms with Crippen molar-refractivity contribution in [1.29, 1.82) is 0 Å². The standard InChI is InChI=1S/C21H22NP/c1-2-22-17-18-11-9-10-16-21(18)23(19-12-5-3-6-13-19)20-14-7-4-8-15-20/h3-16,22H,2,17H2,1H3. The number of hydrogen-bond acceptors (Lipinski definition) is 1. The first-order valence-corrected chi connectivity index (χ1v) is 9.43. The van der Waals surface area contributed by atoms with Crippen LogP contribution in [0.1, 0.15) is 12.5 Å². The Kier molecular flexibility index (Phi) is 5.58. The van der Waals surface area contributed by atoms with E-state index >= 15 is 0 Å². The molecule has 0 saturated heterocycles. The normalized spacial score (nSPS) is 10.9. The van der Waals surface area contributed by atoms with Gasteiger partial charge in [-0.15, -0.1) is 0 Å². The molecule has 2 heteroatoms. The Morgan fingerprint density at radius 1 is 0.696 bits per heavy atom. The van der Waals surface area contributed by atoms with Crippen molar-refractivity contribution in [2.75, 3.05) is 6.54 Å². The smallest absolute Gasteiger partial charge is 0.0211 e. The van der Waals surface area contributed by atoms with E-state index in [-0.39, 0.29) is 0 Å². The van der Waals surface area contributed by atoms with E-state index in [0.717, 1.165) is 13.1 Å². The molecule has 0 bridgehead atoms. The molecule has 1 nitrogen and oxygen atoms in total. The Bertz CT molecular complexity index is 686. The van der Waals surface area contributed by atoms with E-state index in [1.54, 1.807) is 0 Å². The molecule has 23 heavy (non-hydrogen) atoms. The molecule has 0 fully saturated rings. The van der Waals surface area contributed by atoms with Crippen molar-refractivity contribution in [1.82, 2.24) is 5.32 Å². The lowest BCUT2D eigenvalue weighted by Crippen LogP contribution is -2.25. The Labute approximate surface area is 140 Å². The van der Waals surface area contributed by atoms with E-state index in [9.17, 15) is 0 Å². The first-order chi connectivity index (χ1) is 11.4. The lowest BCUT2D eigenvalue weighted by atomic mass is 10.2. The molecular weight excluding hydrogens is 297 g/mol. The maximum atomic E-state index is 3.47. The molecule has 0 atom stereocenters. The molecular formula is C21H22NP. The fourth-order valence-corrected chi connectivity index (χ4v) is 5.19.